The monoisotopic (exact) mass is 600 g/mol. The number of sulfone groups is 1. The molecular weight excluding hydrogens is 566 g/mol. The second-order valence-electron chi connectivity index (χ2n) is 10.7. The summed E-state index contributed by atoms with van der Waals surface area (Å²) in [5.41, 5.74) is 1.70. The number of nitrogens with one attached hydrogen (secondary N) is 3. The molecule has 2 atom stereocenters. The van der Waals surface area contributed by atoms with Crippen LogP contribution in [0.1, 0.15) is 13.3 Å². The fraction of sp³-hybridized carbons (Fsp3) is 0.379. The lowest BCUT2D eigenvalue weighted by Gasteiger charge is -2.38. The van der Waals surface area contributed by atoms with Crippen molar-refractivity contribution < 1.29 is 26.7 Å². The third-order valence-electron chi connectivity index (χ3n) is 7.54. The Morgan fingerprint density at radius 1 is 1.12 bits per heavy atom. The Bertz CT molecular complexity index is 1630. The van der Waals surface area contributed by atoms with Gasteiger partial charge in [-0.05, 0) is 44.3 Å². The quantitative estimate of drug-likeness (QED) is 0.343. The number of fused-ring (bicyclic) bond motifs is 1. The molecule has 2 aromatic carbocycles. The maximum Gasteiger partial charge on any atom is 0.258 e. The van der Waals surface area contributed by atoms with Gasteiger partial charge >= 0.3 is 0 Å². The number of likely N-dealkylation sites (N-methyl/N-ethyl adjacent to an activating group) is 1. The first-order valence-corrected chi connectivity index (χ1v) is 15.1. The SMILES string of the molecule is COCC(C)NC1=C(C(=O)Nc2n[nH]c3ccc(S(=O)(=O)c4cc(F)cc(F)c4)cc23)C=CC(N2CCN(C)CC2)C1. The summed E-state index contributed by atoms with van der Waals surface area (Å²) in [4.78, 5) is 17.6. The molecule has 1 aliphatic carbocycles. The highest BCUT2D eigenvalue weighted by molar-refractivity contribution is 7.91. The van der Waals surface area contributed by atoms with Crippen LogP contribution in [-0.2, 0) is 19.4 Å². The molecule has 0 saturated carbocycles. The molecule has 3 N–H and O–H groups in total. The van der Waals surface area contributed by atoms with Crippen LogP contribution in [0.25, 0.3) is 10.9 Å². The van der Waals surface area contributed by atoms with Crippen LogP contribution in [0.15, 0.2) is 69.6 Å². The number of hydrogen-bond donors (Lipinski definition) is 3. The van der Waals surface area contributed by atoms with Crippen LogP contribution < -0.4 is 10.6 Å². The molecule has 0 spiro atoms. The highest BCUT2D eigenvalue weighted by Gasteiger charge is 2.28. The lowest BCUT2D eigenvalue weighted by molar-refractivity contribution is -0.112. The number of carbonyl (C=O) groups is 1. The van der Waals surface area contributed by atoms with E-state index in [0.717, 1.165) is 44.0 Å². The molecule has 1 amide bonds. The second-order valence-corrected chi connectivity index (χ2v) is 12.7. The zero-order valence-electron chi connectivity index (χ0n) is 23.7. The average Bonchev–Trinajstić information content (AvgIpc) is 3.34. The van der Waals surface area contributed by atoms with Crippen molar-refractivity contribution >= 4 is 32.5 Å². The van der Waals surface area contributed by atoms with Crippen LogP contribution in [0.2, 0.25) is 0 Å². The summed E-state index contributed by atoms with van der Waals surface area (Å²) in [6, 6.07) is 6.34. The third-order valence-corrected chi connectivity index (χ3v) is 9.27. The van der Waals surface area contributed by atoms with E-state index in [4.69, 9.17) is 4.74 Å². The van der Waals surface area contributed by atoms with Crippen LogP contribution in [0.4, 0.5) is 14.6 Å². The lowest BCUT2D eigenvalue weighted by Crippen LogP contribution is -2.49. The zero-order chi connectivity index (χ0) is 30.0. The highest BCUT2D eigenvalue weighted by Crippen LogP contribution is 2.30. The van der Waals surface area contributed by atoms with E-state index in [-0.39, 0.29) is 22.8 Å². The molecule has 224 valence electrons. The first-order valence-electron chi connectivity index (χ1n) is 13.6. The van der Waals surface area contributed by atoms with Crippen LogP contribution in [-0.4, -0.2) is 93.3 Å². The molecule has 0 radical (unpaired) electrons. The molecule has 0 bridgehead atoms. The normalized spacial score (nSPS) is 19.3. The summed E-state index contributed by atoms with van der Waals surface area (Å²) < 4.78 is 59.2. The standard InChI is InChI=1S/C29H34F2N6O4S/c1-18(17-41-3)32-27-15-21(37-10-8-36(2)9-11-37)4-6-24(27)29(38)33-28-25-16-22(5-7-26(25)34-35-28)42(39,40)23-13-19(30)12-20(31)14-23/h4-7,12-14,16,18,21,32H,8-11,15,17H2,1-3H3,(H2,33,34,35,38). The average molecular weight is 601 g/mol. The Morgan fingerprint density at radius 3 is 2.52 bits per heavy atom. The number of amides is 1. The molecule has 1 aromatic heterocycles. The van der Waals surface area contributed by atoms with Gasteiger partial charge in [-0.2, -0.15) is 5.10 Å². The molecule has 1 fully saturated rings. The number of nitrogens with zero attached hydrogens (tertiary/aromatic N) is 3. The van der Waals surface area contributed by atoms with Crippen LogP contribution in [0.5, 0.6) is 0 Å². The molecule has 2 aliphatic rings. The number of anilines is 1. The highest BCUT2D eigenvalue weighted by atomic mass is 32.2. The Balaban J connectivity index is 1.42. The predicted octanol–water partition coefficient (Wildman–Crippen LogP) is 3.07. The molecule has 3 aromatic rings. The number of benzene rings is 2. The third kappa shape index (κ3) is 6.38. The number of H-pyrrole nitrogens is 1. The number of methoxy groups -OCH3 is 1. The van der Waals surface area contributed by atoms with Crippen LogP contribution in [0, 0.1) is 11.6 Å². The van der Waals surface area contributed by atoms with Gasteiger partial charge in [0.15, 0.2) is 5.82 Å². The number of aromatic nitrogens is 2. The molecular formula is C29H34F2N6O4S. The maximum absolute atomic E-state index is 13.8. The first-order chi connectivity index (χ1) is 20.0. The molecule has 5 rings (SSSR count). The maximum atomic E-state index is 13.8. The fourth-order valence-electron chi connectivity index (χ4n) is 5.29. The summed E-state index contributed by atoms with van der Waals surface area (Å²) >= 11 is 0. The number of hydrogen-bond acceptors (Lipinski definition) is 8. The van der Waals surface area contributed by atoms with Gasteiger partial charge in [-0.1, -0.05) is 12.2 Å². The van der Waals surface area contributed by atoms with E-state index in [9.17, 15) is 22.0 Å². The van der Waals surface area contributed by atoms with Gasteiger partial charge in [0, 0.05) is 68.9 Å². The van der Waals surface area contributed by atoms with E-state index in [1.54, 1.807) is 7.11 Å². The smallest absolute Gasteiger partial charge is 0.258 e. The number of carbonyl (C=O) groups excluding carboxylic acids is 1. The predicted molar refractivity (Wildman–Crippen MR) is 155 cm³/mol. The van der Waals surface area contributed by atoms with Crippen molar-refractivity contribution in [1.82, 2.24) is 25.3 Å². The Labute approximate surface area is 243 Å². The minimum absolute atomic E-state index is 0.0425. The number of piperazine rings is 1. The topological polar surface area (TPSA) is 120 Å². The van der Waals surface area contributed by atoms with Gasteiger partial charge in [0.2, 0.25) is 9.84 Å². The molecule has 2 heterocycles. The van der Waals surface area contributed by atoms with Crippen molar-refractivity contribution in [2.45, 2.75) is 35.2 Å². The first kappa shape index (κ1) is 29.8. The summed E-state index contributed by atoms with van der Waals surface area (Å²) in [7, 11) is -0.525. The number of halogens is 2. The number of rotatable bonds is 9. The van der Waals surface area contributed by atoms with Gasteiger partial charge in [-0.15, -0.1) is 0 Å². The summed E-state index contributed by atoms with van der Waals surface area (Å²) in [5.74, 6) is -2.29. The Kier molecular flexibility index (Phi) is 8.73. The number of aromatic amines is 1. The van der Waals surface area contributed by atoms with E-state index in [0.29, 0.717) is 35.6 Å². The lowest BCUT2D eigenvalue weighted by atomic mass is 9.96. The van der Waals surface area contributed by atoms with Crippen molar-refractivity contribution in [3.63, 3.8) is 0 Å². The zero-order valence-corrected chi connectivity index (χ0v) is 24.5. The van der Waals surface area contributed by atoms with Crippen molar-refractivity contribution in [3.8, 4) is 0 Å². The number of ether oxygens (including phenoxy) is 1. The largest absolute Gasteiger partial charge is 0.383 e. The minimum Gasteiger partial charge on any atom is -0.383 e. The van der Waals surface area contributed by atoms with E-state index in [1.165, 1.54) is 18.2 Å². The van der Waals surface area contributed by atoms with Gasteiger partial charge in [0.1, 0.15) is 11.6 Å². The molecule has 1 saturated heterocycles. The van der Waals surface area contributed by atoms with E-state index in [2.05, 4.69) is 37.7 Å². The molecule has 10 nitrogen and oxygen atoms in total. The molecule has 13 heteroatoms. The van der Waals surface area contributed by atoms with Crippen molar-refractivity contribution in [3.05, 3.63) is 71.5 Å². The van der Waals surface area contributed by atoms with Gasteiger partial charge < -0.3 is 20.3 Å². The van der Waals surface area contributed by atoms with E-state index < -0.39 is 32.3 Å². The van der Waals surface area contributed by atoms with Gasteiger partial charge in [-0.3, -0.25) is 14.8 Å². The van der Waals surface area contributed by atoms with Gasteiger partial charge in [0.25, 0.3) is 5.91 Å². The molecule has 1 aliphatic heterocycles. The van der Waals surface area contributed by atoms with Crippen molar-refractivity contribution in [2.24, 2.45) is 0 Å². The fourth-order valence-corrected chi connectivity index (χ4v) is 6.62. The van der Waals surface area contributed by atoms with Crippen LogP contribution in [0.3, 0.4) is 0 Å². The minimum atomic E-state index is -4.25. The molecule has 2 unspecified atom stereocenters. The van der Waals surface area contributed by atoms with Crippen LogP contribution >= 0.6 is 0 Å². The summed E-state index contributed by atoms with van der Waals surface area (Å²) in [5, 5.41) is 13.6. The second kappa shape index (κ2) is 12.3. The summed E-state index contributed by atoms with van der Waals surface area (Å²) in [6.45, 7) is 6.24. The summed E-state index contributed by atoms with van der Waals surface area (Å²) in [6.07, 6.45) is 4.47. The van der Waals surface area contributed by atoms with Gasteiger partial charge in [0.05, 0.1) is 27.5 Å². The van der Waals surface area contributed by atoms with Crippen molar-refractivity contribution in [1.29, 1.82) is 0 Å². The van der Waals surface area contributed by atoms with Crippen molar-refractivity contribution in [2.75, 3.05) is 52.3 Å². The van der Waals surface area contributed by atoms with E-state index in [1.807, 2.05) is 19.1 Å². The van der Waals surface area contributed by atoms with Gasteiger partial charge in [-0.25, -0.2) is 17.2 Å². The Morgan fingerprint density at radius 2 is 1.83 bits per heavy atom. The van der Waals surface area contributed by atoms with E-state index >= 15 is 0 Å². The Hall–Kier alpha value is -3.65. The molecule has 42 heavy (non-hydrogen) atoms.